The first-order valence-corrected chi connectivity index (χ1v) is 5.49. The van der Waals surface area contributed by atoms with Gasteiger partial charge in [-0.25, -0.2) is 4.98 Å². The van der Waals surface area contributed by atoms with Crippen LogP contribution < -0.4 is 5.32 Å². The molecule has 1 unspecified atom stereocenters. The van der Waals surface area contributed by atoms with Gasteiger partial charge in [0.05, 0.1) is 11.7 Å². The molecular weight excluding hydrogens is 186 g/mol. The maximum atomic E-state index is 4.31. The van der Waals surface area contributed by atoms with Gasteiger partial charge in [-0.05, 0) is 37.4 Å². The van der Waals surface area contributed by atoms with E-state index >= 15 is 0 Å². The first-order chi connectivity index (χ1) is 7.34. The molecule has 15 heavy (non-hydrogen) atoms. The molecule has 1 saturated heterocycles. The second-order valence-electron chi connectivity index (χ2n) is 4.25. The Balaban J connectivity index is 2.08. The fourth-order valence-corrected chi connectivity index (χ4v) is 2.32. The predicted molar refractivity (Wildman–Crippen MR) is 60.2 cm³/mol. The molecule has 0 amide bonds. The van der Waals surface area contributed by atoms with Crippen LogP contribution in [-0.2, 0) is 0 Å². The van der Waals surface area contributed by atoms with Crippen molar-refractivity contribution in [2.24, 2.45) is 0 Å². The molecule has 1 N–H and O–H groups in total. The average Bonchev–Trinajstić information content (AvgIpc) is 2.88. The third kappa shape index (κ3) is 1.43. The number of rotatable bonds is 1. The monoisotopic (exact) mass is 201 g/mol. The first-order valence-electron chi connectivity index (χ1n) is 5.49. The number of aromatic nitrogens is 2. The van der Waals surface area contributed by atoms with Crippen molar-refractivity contribution < 1.29 is 0 Å². The highest BCUT2D eigenvalue weighted by Gasteiger charge is 2.16. The Kier molecular flexibility index (Phi) is 1.99. The lowest BCUT2D eigenvalue weighted by atomic mass is 10.0. The van der Waals surface area contributed by atoms with Crippen LogP contribution >= 0.6 is 0 Å². The van der Waals surface area contributed by atoms with Gasteiger partial charge in [-0.15, -0.1) is 0 Å². The zero-order chi connectivity index (χ0) is 10.3. The van der Waals surface area contributed by atoms with Crippen LogP contribution in [0, 0.1) is 6.92 Å². The number of hydrogen-bond donors (Lipinski definition) is 1. The van der Waals surface area contributed by atoms with Gasteiger partial charge in [-0.1, -0.05) is 6.07 Å². The number of fused-ring (bicyclic) bond motifs is 1. The molecule has 3 heteroatoms. The third-order valence-electron chi connectivity index (χ3n) is 3.27. The van der Waals surface area contributed by atoms with Crippen LogP contribution in [0.3, 0.4) is 0 Å². The molecule has 3 rings (SSSR count). The zero-order valence-electron chi connectivity index (χ0n) is 8.90. The molecule has 0 saturated carbocycles. The molecule has 1 aliphatic heterocycles. The average molecular weight is 201 g/mol. The van der Waals surface area contributed by atoms with Gasteiger partial charge in [-0.3, -0.25) is 0 Å². The number of nitrogens with one attached hydrogen (secondary N) is 1. The van der Waals surface area contributed by atoms with Crippen LogP contribution in [0.15, 0.2) is 24.5 Å². The summed E-state index contributed by atoms with van der Waals surface area (Å²) in [6.45, 7) is 4.30. The molecule has 78 valence electrons. The van der Waals surface area contributed by atoms with Crippen LogP contribution in [0.2, 0.25) is 0 Å². The summed E-state index contributed by atoms with van der Waals surface area (Å²) < 4.78 is 2.17. The summed E-state index contributed by atoms with van der Waals surface area (Å²) in [5.74, 6) is 1.74. The summed E-state index contributed by atoms with van der Waals surface area (Å²) in [7, 11) is 0. The Bertz CT molecular complexity index is 481. The Morgan fingerprint density at radius 3 is 3.20 bits per heavy atom. The molecule has 0 aromatic carbocycles. The van der Waals surface area contributed by atoms with Crippen LogP contribution in [0.1, 0.15) is 23.7 Å². The van der Waals surface area contributed by atoms with Gasteiger partial charge in [-0.2, -0.15) is 0 Å². The summed E-state index contributed by atoms with van der Waals surface area (Å²) >= 11 is 0. The van der Waals surface area contributed by atoms with E-state index in [1.165, 1.54) is 17.5 Å². The SMILES string of the molecule is Cc1ncc2ccc(C3CCNC3)cn12. The quantitative estimate of drug-likeness (QED) is 0.761. The molecule has 0 aliphatic carbocycles. The molecule has 0 radical (unpaired) electrons. The van der Waals surface area contributed by atoms with E-state index < -0.39 is 0 Å². The fraction of sp³-hybridized carbons (Fsp3) is 0.417. The summed E-state index contributed by atoms with van der Waals surface area (Å²) in [6, 6.07) is 4.39. The summed E-state index contributed by atoms with van der Waals surface area (Å²) in [4.78, 5) is 4.31. The van der Waals surface area contributed by atoms with Gasteiger partial charge in [0.1, 0.15) is 5.82 Å². The van der Waals surface area contributed by atoms with E-state index in [4.69, 9.17) is 0 Å². The second kappa shape index (κ2) is 3.35. The van der Waals surface area contributed by atoms with E-state index in [0.29, 0.717) is 5.92 Å². The molecular formula is C12H15N3. The molecule has 3 heterocycles. The Labute approximate surface area is 89.1 Å². The van der Waals surface area contributed by atoms with Crippen LogP contribution in [0.5, 0.6) is 0 Å². The van der Waals surface area contributed by atoms with E-state index in [9.17, 15) is 0 Å². The normalized spacial score (nSPS) is 21.3. The second-order valence-corrected chi connectivity index (χ2v) is 4.25. The Morgan fingerprint density at radius 1 is 1.47 bits per heavy atom. The lowest BCUT2D eigenvalue weighted by Crippen LogP contribution is -2.08. The summed E-state index contributed by atoms with van der Waals surface area (Å²) in [5, 5.41) is 3.40. The first kappa shape index (κ1) is 8.92. The maximum absolute atomic E-state index is 4.31. The van der Waals surface area contributed by atoms with E-state index in [-0.39, 0.29) is 0 Å². The molecule has 0 spiro atoms. The molecule has 1 aliphatic rings. The van der Waals surface area contributed by atoms with Crippen molar-refractivity contribution >= 4 is 5.52 Å². The Hall–Kier alpha value is -1.35. The van der Waals surface area contributed by atoms with Crippen molar-refractivity contribution in [3.63, 3.8) is 0 Å². The highest BCUT2D eigenvalue weighted by atomic mass is 15.0. The number of aryl methyl sites for hydroxylation is 1. The topological polar surface area (TPSA) is 29.3 Å². The number of nitrogens with zero attached hydrogens (tertiary/aromatic N) is 2. The largest absolute Gasteiger partial charge is 0.316 e. The van der Waals surface area contributed by atoms with Crippen molar-refractivity contribution in [3.05, 3.63) is 35.9 Å². The van der Waals surface area contributed by atoms with E-state index in [1.54, 1.807) is 0 Å². The van der Waals surface area contributed by atoms with E-state index in [0.717, 1.165) is 18.9 Å². The van der Waals surface area contributed by atoms with E-state index in [1.807, 2.05) is 13.1 Å². The number of imidazole rings is 1. The molecule has 1 atom stereocenters. The number of hydrogen-bond acceptors (Lipinski definition) is 2. The smallest absolute Gasteiger partial charge is 0.110 e. The van der Waals surface area contributed by atoms with Crippen LogP contribution in [-0.4, -0.2) is 22.5 Å². The van der Waals surface area contributed by atoms with Crippen molar-refractivity contribution in [2.75, 3.05) is 13.1 Å². The van der Waals surface area contributed by atoms with Crippen molar-refractivity contribution in [2.45, 2.75) is 19.3 Å². The molecule has 0 bridgehead atoms. The fourth-order valence-electron chi connectivity index (χ4n) is 2.32. The highest BCUT2D eigenvalue weighted by molar-refractivity contribution is 5.47. The molecule has 3 nitrogen and oxygen atoms in total. The Morgan fingerprint density at radius 2 is 2.40 bits per heavy atom. The third-order valence-corrected chi connectivity index (χ3v) is 3.27. The van der Waals surface area contributed by atoms with Gasteiger partial charge in [0.25, 0.3) is 0 Å². The molecule has 2 aromatic rings. The minimum absolute atomic E-state index is 0.677. The number of pyridine rings is 1. The predicted octanol–water partition coefficient (Wildman–Crippen LogP) is 1.72. The highest BCUT2D eigenvalue weighted by Crippen LogP contribution is 2.22. The zero-order valence-corrected chi connectivity index (χ0v) is 8.90. The lowest BCUT2D eigenvalue weighted by molar-refractivity contribution is 0.755. The van der Waals surface area contributed by atoms with Crippen molar-refractivity contribution in [3.8, 4) is 0 Å². The van der Waals surface area contributed by atoms with Crippen molar-refractivity contribution in [1.29, 1.82) is 0 Å². The summed E-state index contributed by atoms with van der Waals surface area (Å²) in [5.41, 5.74) is 2.61. The van der Waals surface area contributed by atoms with Gasteiger partial charge in [0, 0.05) is 12.7 Å². The minimum atomic E-state index is 0.677. The van der Waals surface area contributed by atoms with Crippen LogP contribution in [0.25, 0.3) is 5.52 Å². The lowest BCUT2D eigenvalue weighted by Gasteiger charge is -2.09. The van der Waals surface area contributed by atoms with Gasteiger partial charge >= 0.3 is 0 Å². The van der Waals surface area contributed by atoms with Gasteiger partial charge in [0.15, 0.2) is 0 Å². The van der Waals surface area contributed by atoms with E-state index in [2.05, 4.69) is 33.0 Å². The van der Waals surface area contributed by atoms with Gasteiger partial charge in [0.2, 0.25) is 0 Å². The van der Waals surface area contributed by atoms with Gasteiger partial charge < -0.3 is 9.72 Å². The molecule has 2 aromatic heterocycles. The minimum Gasteiger partial charge on any atom is -0.316 e. The van der Waals surface area contributed by atoms with Crippen molar-refractivity contribution in [1.82, 2.24) is 14.7 Å². The standard InChI is InChI=1S/C12H15N3/c1-9-14-7-12-3-2-11(8-15(9)12)10-4-5-13-6-10/h2-3,7-8,10,13H,4-6H2,1H3. The maximum Gasteiger partial charge on any atom is 0.110 e. The summed E-state index contributed by atoms with van der Waals surface area (Å²) in [6.07, 6.45) is 5.40. The van der Waals surface area contributed by atoms with Crippen LogP contribution in [0.4, 0.5) is 0 Å². The molecule has 1 fully saturated rings.